The molecule has 0 saturated carbocycles. The molecule has 0 N–H and O–H groups in total. The Hall–Kier alpha value is -3.45. The molecule has 164 valence electrons. The average Bonchev–Trinajstić information content (AvgIpc) is 3.40. The number of hydrogen-bond donors (Lipinski definition) is 0. The molecule has 2 aromatic carbocycles. The highest BCUT2D eigenvalue weighted by Gasteiger charge is 2.26. The zero-order valence-corrected chi connectivity index (χ0v) is 17.5. The molecule has 1 fully saturated rings. The van der Waals surface area contributed by atoms with Crippen molar-refractivity contribution in [2.45, 2.75) is 13.1 Å². The van der Waals surface area contributed by atoms with Gasteiger partial charge in [-0.1, -0.05) is 42.5 Å². The number of piperazine rings is 1. The van der Waals surface area contributed by atoms with Crippen LogP contribution in [0.15, 0.2) is 71.3 Å². The molecule has 2 aromatic heterocycles. The van der Waals surface area contributed by atoms with Gasteiger partial charge in [-0.3, -0.25) is 9.69 Å². The summed E-state index contributed by atoms with van der Waals surface area (Å²) in [7, 11) is 0. The second-order valence-electron chi connectivity index (χ2n) is 8.05. The van der Waals surface area contributed by atoms with E-state index in [1.165, 1.54) is 24.0 Å². The zero-order valence-electron chi connectivity index (χ0n) is 17.5. The summed E-state index contributed by atoms with van der Waals surface area (Å²) < 4.78 is 35.2. The van der Waals surface area contributed by atoms with Crippen molar-refractivity contribution in [1.29, 1.82) is 0 Å². The Bertz CT molecular complexity index is 1240. The van der Waals surface area contributed by atoms with E-state index >= 15 is 0 Å². The van der Waals surface area contributed by atoms with E-state index in [0.717, 1.165) is 25.7 Å². The minimum Gasteiger partial charge on any atom is -0.463 e. The van der Waals surface area contributed by atoms with E-state index in [0.29, 0.717) is 29.9 Å². The number of halogens is 2. The van der Waals surface area contributed by atoms with Gasteiger partial charge in [0.2, 0.25) is 0 Å². The van der Waals surface area contributed by atoms with Gasteiger partial charge in [0, 0.05) is 50.4 Å². The van der Waals surface area contributed by atoms with Crippen molar-refractivity contribution in [3.8, 4) is 0 Å². The summed E-state index contributed by atoms with van der Waals surface area (Å²) >= 11 is 0. The number of carbonyl (C=O) groups is 1. The number of aromatic nitrogens is 1. The van der Waals surface area contributed by atoms with Crippen molar-refractivity contribution in [1.82, 2.24) is 14.4 Å². The Kier molecular flexibility index (Phi) is 5.49. The number of furan rings is 1. The maximum atomic E-state index is 14.3. The molecule has 0 spiro atoms. The van der Waals surface area contributed by atoms with Gasteiger partial charge >= 0.3 is 0 Å². The lowest BCUT2D eigenvalue weighted by Crippen LogP contribution is -2.48. The van der Waals surface area contributed by atoms with Gasteiger partial charge in [0.15, 0.2) is 17.2 Å². The van der Waals surface area contributed by atoms with Crippen molar-refractivity contribution in [2.24, 2.45) is 0 Å². The molecule has 0 atom stereocenters. The molecule has 0 unspecified atom stereocenters. The van der Waals surface area contributed by atoms with Crippen LogP contribution in [0.3, 0.4) is 0 Å². The van der Waals surface area contributed by atoms with Gasteiger partial charge < -0.3 is 13.9 Å². The fourth-order valence-electron chi connectivity index (χ4n) is 4.28. The minimum absolute atomic E-state index is 0.0433. The van der Waals surface area contributed by atoms with Gasteiger partial charge in [0.25, 0.3) is 5.91 Å². The maximum absolute atomic E-state index is 14.3. The number of hydrogen-bond acceptors (Lipinski definition) is 3. The first-order valence-corrected chi connectivity index (χ1v) is 10.7. The van der Waals surface area contributed by atoms with Crippen LogP contribution in [0.25, 0.3) is 11.1 Å². The highest BCUT2D eigenvalue weighted by atomic mass is 19.2. The topological polar surface area (TPSA) is 41.6 Å². The predicted molar refractivity (Wildman–Crippen MR) is 117 cm³/mol. The maximum Gasteiger partial charge on any atom is 0.270 e. The molecule has 1 saturated heterocycles. The van der Waals surface area contributed by atoms with Gasteiger partial charge in [-0.25, -0.2) is 8.78 Å². The molecule has 4 aromatic rings. The predicted octanol–water partition coefficient (Wildman–Crippen LogP) is 4.52. The number of carbonyl (C=O) groups excluding carboxylic acids is 1. The molecule has 3 heterocycles. The number of fused-ring (bicyclic) bond motifs is 1. The van der Waals surface area contributed by atoms with Crippen LogP contribution >= 0.6 is 0 Å². The van der Waals surface area contributed by atoms with Crippen LogP contribution in [0, 0.1) is 11.6 Å². The quantitative estimate of drug-likeness (QED) is 0.463. The second kappa shape index (κ2) is 8.59. The molecule has 5 rings (SSSR count). The Labute approximate surface area is 184 Å². The normalized spacial score (nSPS) is 14.9. The Balaban J connectivity index is 1.35. The first kappa shape index (κ1) is 20.5. The molecule has 1 aliphatic rings. The Morgan fingerprint density at radius 1 is 0.906 bits per heavy atom. The molecule has 32 heavy (non-hydrogen) atoms. The van der Waals surface area contributed by atoms with E-state index in [2.05, 4.69) is 17.0 Å². The average molecular weight is 435 g/mol. The summed E-state index contributed by atoms with van der Waals surface area (Å²) in [5.41, 5.74) is 3.08. The SMILES string of the molecule is O=C(c1cc2occc2n1Cc1cccc(F)c1F)N1CCN(Cc2ccccc2)CC1. The van der Waals surface area contributed by atoms with E-state index in [1.54, 1.807) is 16.7 Å². The smallest absolute Gasteiger partial charge is 0.270 e. The van der Waals surface area contributed by atoms with Crippen LogP contribution in [0.5, 0.6) is 0 Å². The van der Waals surface area contributed by atoms with Gasteiger partial charge in [-0.15, -0.1) is 0 Å². The third-order valence-electron chi connectivity index (χ3n) is 6.01. The van der Waals surface area contributed by atoms with Gasteiger partial charge in [0.05, 0.1) is 18.3 Å². The van der Waals surface area contributed by atoms with Crippen LogP contribution in [0.2, 0.25) is 0 Å². The number of nitrogens with zero attached hydrogens (tertiary/aromatic N) is 3. The molecular formula is C25H23F2N3O2. The van der Waals surface area contributed by atoms with Crippen molar-refractivity contribution in [3.05, 3.63) is 95.4 Å². The molecule has 0 bridgehead atoms. The first-order chi connectivity index (χ1) is 15.6. The molecule has 0 radical (unpaired) electrons. The zero-order chi connectivity index (χ0) is 22.1. The van der Waals surface area contributed by atoms with Crippen LogP contribution in [-0.4, -0.2) is 46.5 Å². The van der Waals surface area contributed by atoms with Crippen molar-refractivity contribution in [2.75, 3.05) is 26.2 Å². The largest absolute Gasteiger partial charge is 0.463 e. The van der Waals surface area contributed by atoms with Crippen LogP contribution in [-0.2, 0) is 13.1 Å². The number of amides is 1. The third kappa shape index (κ3) is 3.91. The first-order valence-electron chi connectivity index (χ1n) is 10.7. The summed E-state index contributed by atoms with van der Waals surface area (Å²) in [5.74, 6) is -1.93. The van der Waals surface area contributed by atoms with Crippen LogP contribution in [0.4, 0.5) is 8.78 Å². The molecule has 5 nitrogen and oxygen atoms in total. The molecule has 1 amide bonds. The van der Waals surface area contributed by atoms with E-state index in [9.17, 15) is 13.6 Å². The summed E-state index contributed by atoms with van der Waals surface area (Å²) in [5, 5.41) is 0. The number of rotatable bonds is 5. The van der Waals surface area contributed by atoms with Crippen LogP contribution in [0.1, 0.15) is 21.6 Å². The molecule has 7 heteroatoms. The fraction of sp³-hybridized carbons (Fsp3) is 0.240. The highest BCUT2D eigenvalue weighted by Crippen LogP contribution is 2.25. The monoisotopic (exact) mass is 435 g/mol. The lowest BCUT2D eigenvalue weighted by atomic mass is 10.2. The van der Waals surface area contributed by atoms with E-state index in [-0.39, 0.29) is 18.0 Å². The summed E-state index contributed by atoms with van der Waals surface area (Å²) in [6, 6.07) is 17.8. The fourth-order valence-corrected chi connectivity index (χ4v) is 4.28. The highest BCUT2D eigenvalue weighted by molar-refractivity contribution is 5.97. The Morgan fingerprint density at radius 2 is 1.69 bits per heavy atom. The minimum atomic E-state index is -0.902. The van der Waals surface area contributed by atoms with E-state index < -0.39 is 11.6 Å². The van der Waals surface area contributed by atoms with Gasteiger partial charge in [-0.2, -0.15) is 0 Å². The number of benzene rings is 2. The van der Waals surface area contributed by atoms with Crippen molar-refractivity contribution < 1.29 is 18.0 Å². The lowest BCUT2D eigenvalue weighted by molar-refractivity contribution is 0.0619. The summed E-state index contributed by atoms with van der Waals surface area (Å²) in [6.45, 7) is 3.65. The van der Waals surface area contributed by atoms with Crippen LogP contribution < -0.4 is 0 Å². The molecule has 0 aliphatic carbocycles. The van der Waals surface area contributed by atoms with Crippen molar-refractivity contribution >= 4 is 17.0 Å². The van der Waals surface area contributed by atoms with Gasteiger partial charge in [-0.05, 0) is 11.6 Å². The Morgan fingerprint density at radius 3 is 2.47 bits per heavy atom. The van der Waals surface area contributed by atoms with E-state index in [1.807, 2.05) is 23.1 Å². The standard InChI is InChI=1S/C25H23F2N3O2/c26-20-8-4-7-19(24(20)27)17-30-21-9-14-32-23(21)15-22(30)25(31)29-12-10-28(11-13-29)16-18-5-2-1-3-6-18/h1-9,14-15H,10-13,16-17H2. The summed E-state index contributed by atoms with van der Waals surface area (Å²) in [6.07, 6.45) is 1.53. The molecule has 1 aliphatic heterocycles. The molecular weight excluding hydrogens is 412 g/mol. The van der Waals surface area contributed by atoms with Gasteiger partial charge in [0.1, 0.15) is 5.69 Å². The summed E-state index contributed by atoms with van der Waals surface area (Å²) in [4.78, 5) is 17.5. The third-order valence-corrected chi connectivity index (χ3v) is 6.01. The lowest BCUT2D eigenvalue weighted by Gasteiger charge is -2.35. The second-order valence-corrected chi connectivity index (χ2v) is 8.05. The van der Waals surface area contributed by atoms with E-state index in [4.69, 9.17) is 4.42 Å². The van der Waals surface area contributed by atoms with Crippen molar-refractivity contribution in [3.63, 3.8) is 0 Å².